The molecule has 1 aliphatic rings. The smallest absolute Gasteiger partial charge is 0.246 e. The lowest BCUT2D eigenvalue weighted by Gasteiger charge is -2.11. The number of hydrogen-bond acceptors (Lipinski definition) is 9. The van der Waals surface area contributed by atoms with Crippen molar-refractivity contribution in [2.45, 2.75) is 6.54 Å². The van der Waals surface area contributed by atoms with Gasteiger partial charge >= 0.3 is 0 Å². The highest BCUT2D eigenvalue weighted by atomic mass is 16.7. The van der Waals surface area contributed by atoms with Crippen LogP contribution in [-0.2, 0) is 11.3 Å². The number of carbonyl (C=O) groups excluding carboxylic acids is 1. The van der Waals surface area contributed by atoms with Crippen molar-refractivity contribution in [1.29, 1.82) is 0 Å². The van der Waals surface area contributed by atoms with Crippen LogP contribution in [-0.4, -0.2) is 46.7 Å². The molecule has 1 aliphatic heterocycles. The summed E-state index contributed by atoms with van der Waals surface area (Å²) in [5.74, 6) is 2.62. The third kappa shape index (κ3) is 4.03. The van der Waals surface area contributed by atoms with E-state index in [9.17, 15) is 4.79 Å². The maximum atomic E-state index is 12.5. The summed E-state index contributed by atoms with van der Waals surface area (Å²) >= 11 is 0. The van der Waals surface area contributed by atoms with Crippen molar-refractivity contribution in [3.63, 3.8) is 0 Å². The predicted octanol–water partition coefficient (Wildman–Crippen LogP) is 3.00. The van der Waals surface area contributed by atoms with Gasteiger partial charge in [0.2, 0.25) is 18.6 Å². The van der Waals surface area contributed by atoms with E-state index >= 15 is 0 Å². The van der Waals surface area contributed by atoms with Crippen LogP contribution in [0.2, 0.25) is 0 Å². The van der Waals surface area contributed by atoms with Crippen LogP contribution in [0, 0.1) is 0 Å². The van der Waals surface area contributed by atoms with Gasteiger partial charge in [0.1, 0.15) is 29.8 Å². The van der Waals surface area contributed by atoms with Gasteiger partial charge in [-0.25, -0.2) is 9.97 Å². The molecular formula is C22H19N5O6. The highest BCUT2D eigenvalue weighted by molar-refractivity contribution is 5.93. The molecule has 0 atom stereocenters. The average molecular weight is 449 g/mol. The van der Waals surface area contributed by atoms with Crippen LogP contribution in [0.15, 0.2) is 49.1 Å². The van der Waals surface area contributed by atoms with Crippen LogP contribution in [0.25, 0.3) is 10.9 Å². The summed E-state index contributed by atoms with van der Waals surface area (Å²) in [5.41, 5.74) is 1.14. The molecule has 0 radical (unpaired) electrons. The Hall–Kier alpha value is -4.54. The fourth-order valence-corrected chi connectivity index (χ4v) is 3.42. The third-order valence-corrected chi connectivity index (χ3v) is 4.90. The zero-order valence-electron chi connectivity index (χ0n) is 17.8. The number of carbonyl (C=O) groups is 1. The van der Waals surface area contributed by atoms with Crippen molar-refractivity contribution < 1.29 is 28.5 Å². The second kappa shape index (κ2) is 8.54. The summed E-state index contributed by atoms with van der Waals surface area (Å²) < 4.78 is 28.9. The lowest BCUT2D eigenvalue weighted by Crippen LogP contribution is -2.19. The fourth-order valence-electron chi connectivity index (χ4n) is 3.42. The van der Waals surface area contributed by atoms with Gasteiger partial charge in [-0.1, -0.05) is 6.07 Å². The molecule has 2 aromatic heterocycles. The molecule has 11 nitrogen and oxygen atoms in total. The largest absolute Gasteiger partial charge is 0.497 e. The van der Waals surface area contributed by atoms with Crippen molar-refractivity contribution >= 4 is 22.5 Å². The van der Waals surface area contributed by atoms with E-state index in [1.807, 2.05) is 0 Å². The van der Waals surface area contributed by atoms with Gasteiger partial charge in [-0.2, -0.15) is 5.10 Å². The summed E-state index contributed by atoms with van der Waals surface area (Å²) in [4.78, 5) is 21.0. The molecule has 168 valence electrons. The van der Waals surface area contributed by atoms with Gasteiger partial charge in [0.15, 0.2) is 17.2 Å². The Morgan fingerprint density at radius 1 is 1.15 bits per heavy atom. The number of nitrogens with one attached hydrogen (secondary N) is 1. The number of rotatable bonds is 7. The first kappa shape index (κ1) is 20.4. The van der Waals surface area contributed by atoms with Gasteiger partial charge in [-0.15, -0.1) is 0 Å². The summed E-state index contributed by atoms with van der Waals surface area (Å²) in [7, 11) is 3.11. The Morgan fingerprint density at radius 2 is 2.06 bits per heavy atom. The normalized spacial score (nSPS) is 11.9. The van der Waals surface area contributed by atoms with Crippen molar-refractivity contribution in [2.24, 2.45) is 0 Å². The predicted molar refractivity (Wildman–Crippen MR) is 116 cm³/mol. The van der Waals surface area contributed by atoms with Crippen LogP contribution < -0.4 is 29.0 Å². The number of aromatic nitrogens is 4. The Morgan fingerprint density at radius 3 is 2.91 bits per heavy atom. The molecular weight excluding hydrogens is 430 g/mol. The van der Waals surface area contributed by atoms with E-state index in [0.29, 0.717) is 51.2 Å². The molecule has 1 N–H and O–H groups in total. The van der Waals surface area contributed by atoms with E-state index in [4.69, 9.17) is 23.7 Å². The van der Waals surface area contributed by atoms with Crippen LogP contribution in [0.3, 0.4) is 0 Å². The number of methoxy groups -OCH3 is 2. The molecule has 0 saturated heterocycles. The standard InChI is InChI=1S/C22H19N5O6/c1-29-13-6-16-20(18(7-13)30-2)22(24-11-23-16)33-14-8-25-27(9-14)10-19(28)26-15-4-3-5-17-21(15)32-12-31-17/h3-9,11H,10,12H2,1-2H3,(H,26,28). The molecule has 0 unspecified atom stereocenters. The zero-order chi connectivity index (χ0) is 22.8. The van der Waals surface area contributed by atoms with Crippen LogP contribution >= 0.6 is 0 Å². The van der Waals surface area contributed by atoms with Gasteiger partial charge in [0, 0.05) is 12.1 Å². The van der Waals surface area contributed by atoms with Gasteiger partial charge in [0.05, 0.1) is 37.8 Å². The minimum Gasteiger partial charge on any atom is -0.497 e. The van der Waals surface area contributed by atoms with Gasteiger partial charge in [0.25, 0.3) is 0 Å². The Labute approximate surface area is 187 Å². The number of hydrogen-bond donors (Lipinski definition) is 1. The first-order valence-electron chi connectivity index (χ1n) is 9.90. The number of nitrogens with zero attached hydrogens (tertiary/aromatic N) is 4. The molecule has 0 spiro atoms. The Balaban J connectivity index is 1.32. The summed E-state index contributed by atoms with van der Waals surface area (Å²) in [6.07, 6.45) is 4.48. The van der Waals surface area contributed by atoms with E-state index in [1.165, 1.54) is 17.2 Å². The second-order valence-electron chi connectivity index (χ2n) is 6.97. The first-order chi connectivity index (χ1) is 16.1. The lowest BCUT2D eigenvalue weighted by atomic mass is 10.2. The maximum absolute atomic E-state index is 12.5. The Bertz CT molecular complexity index is 1340. The van der Waals surface area contributed by atoms with Crippen molar-refractivity contribution in [3.8, 4) is 34.6 Å². The van der Waals surface area contributed by atoms with E-state index in [0.717, 1.165) is 0 Å². The number of fused-ring (bicyclic) bond motifs is 2. The van der Waals surface area contributed by atoms with Gasteiger partial charge < -0.3 is 29.0 Å². The quantitative estimate of drug-likeness (QED) is 0.454. The molecule has 0 aliphatic carbocycles. The first-order valence-corrected chi connectivity index (χ1v) is 9.90. The van der Waals surface area contributed by atoms with E-state index in [1.54, 1.807) is 50.7 Å². The molecule has 11 heteroatoms. The van der Waals surface area contributed by atoms with E-state index in [2.05, 4.69) is 20.4 Å². The molecule has 5 rings (SSSR count). The second-order valence-corrected chi connectivity index (χ2v) is 6.97. The van der Waals surface area contributed by atoms with Crippen LogP contribution in [0.1, 0.15) is 0 Å². The van der Waals surface area contributed by atoms with Crippen molar-refractivity contribution in [2.75, 3.05) is 26.3 Å². The molecule has 0 saturated carbocycles. The third-order valence-electron chi connectivity index (χ3n) is 4.90. The number of anilines is 1. The molecule has 4 aromatic rings. The maximum Gasteiger partial charge on any atom is 0.246 e. The van der Waals surface area contributed by atoms with Crippen molar-refractivity contribution in [1.82, 2.24) is 19.7 Å². The highest BCUT2D eigenvalue weighted by Gasteiger charge is 2.19. The van der Waals surface area contributed by atoms with Crippen LogP contribution in [0.5, 0.6) is 34.6 Å². The monoisotopic (exact) mass is 449 g/mol. The van der Waals surface area contributed by atoms with E-state index < -0.39 is 0 Å². The molecule has 33 heavy (non-hydrogen) atoms. The lowest BCUT2D eigenvalue weighted by molar-refractivity contribution is -0.116. The van der Waals surface area contributed by atoms with E-state index in [-0.39, 0.29) is 19.2 Å². The van der Waals surface area contributed by atoms with Crippen molar-refractivity contribution in [3.05, 3.63) is 49.1 Å². The Kier molecular flexibility index (Phi) is 5.27. The van der Waals surface area contributed by atoms with Crippen LogP contribution in [0.4, 0.5) is 5.69 Å². The van der Waals surface area contributed by atoms with Gasteiger partial charge in [-0.05, 0) is 12.1 Å². The summed E-state index contributed by atoms with van der Waals surface area (Å²) in [6.45, 7) is 0.0935. The van der Waals surface area contributed by atoms with Gasteiger partial charge in [-0.3, -0.25) is 9.48 Å². The molecule has 1 amide bonds. The fraction of sp³-hybridized carbons (Fsp3) is 0.182. The SMILES string of the molecule is COc1cc(OC)c2c(Oc3cnn(CC(=O)Nc4cccc5c4OCO5)c3)ncnc2c1. The minimum absolute atomic E-state index is 0.0288. The summed E-state index contributed by atoms with van der Waals surface area (Å²) in [5, 5.41) is 7.59. The average Bonchev–Trinajstić information content (AvgIpc) is 3.48. The number of para-hydroxylation sites is 1. The highest BCUT2D eigenvalue weighted by Crippen LogP contribution is 2.39. The number of amides is 1. The molecule has 3 heterocycles. The molecule has 2 aromatic carbocycles. The molecule has 0 bridgehead atoms. The molecule has 0 fully saturated rings. The summed E-state index contributed by atoms with van der Waals surface area (Å²) in [6, 6.07) is 8.78. The zero-order valence-corrected chi connectivity index (χ0v) is 17.8. The topological polar surface area (TPSA) is 119 Å². The number of benzene rings is 2. The number of ether oxygens (including phenoxy) is 5. The minimum atomic E-state index is -0.283.